The Morgan fingerprint density at radius 2 is 2.28 bits per heavy atom. The Bertz CT molecular complexity index is 454. The molecular formula is C16H21NO. The molecule has 18 heavy (non-hydrogen) atoms. The Hall–Kier alpha value is -1.28. The highest BCUT2D eigenvalue weighted by molar-refractivity contribution is 5.30. The first-order chi connectivity index (χ1) is 8.78. The molecule has 1 aromatic carbocycles. The Balaban J connectivity index is 1.64. The third-order valence-electron chi connectivity index (χ3n) is 4.42. The number of fused-ring (bicyclic) bond motifs is 1. The number of hydrogen-bond acceptors (Lipinski definition) is 2. The predicted molar refractivity (Wildman–Crippen MR) is 73.7 cm³/mol. The molecule has 0 bridgehead atoms. The first kappa shape index (κ1) is 11.8. The van der Waals surface area contributed by atoms with Gasteiger partial charge in [0.1, 0.15) is 5.75 Å². The zero-order valence-corrected chi connectivity index (χ0v) is 11.1. The van der Waals surface area contributed by atoms with Gasteiger partial charge in [0.2, 0.25) is 0 Å². The van der Waals surface area contributed by atoms with Gasteiger partial charge in [-0.15, -0.1) is 0 Å². The third-order valence-corrected chi connectivity index (χ3v) is 4.42. The van der Waals surface area contributed by atoms with Gasteiger partial charge in [0.05, 0.1) is 7.11 Å². The van der Waals surface area contributed by atoms with E-state index in [2.05, 4.69) is 42.6 Å². The molecule has 0 saturated heterocycles. The molecule has 1 fully saturated rings. The van der Waals surface area contributed by atoms with E-state index in [4.69, 9.17) is 4.74 Å². The van der Waals surface area contributed by atoms with Crippen LogP contribution in [0, 0.1) is 11.8 Å². The smallest absolute Gasteiger partial charge is 0.119 e. The summed E-state index contributed by atoms with van der Waals surface area (Å²) in [4.78, 5) is 0. The lowest BCUT2D eigenvalue weighted by atomic mass is 9.71. The molecule has 96 valence electrons. The van der Waals surface area contributed by atoms with Crippen LogP contribution >= 0.6 is 0 Å². The average Bonchev–Trinajstić information content (AvgIpc) is 2.77. The number of hydrogen-bond donors (Lipinski definition) is 1. The second-order valence-electron chi connectivity index (χ2n) is 5.51. The van der Waals surface area contributed by atoms with Crippen molar-refractivity contribution in [3.8, 4) is 5.75 Å². The molecule has 1 N–H and O–H groups in total. The summed E-state index contributed by atoms with van der Waals surface area (Å²) in [5.74, 6) is 2.63. The van der Waals surface area contributed by atoms with E-state index in [0.29, 0.717) is 12.1 Å². The molecule has 2 heteroatoms. The maximum Gasteiger partial charge on any atom is 0.119 e. The van der Waals surface area contributed by atoms with E-state index in [-0.39, 0.29) is 0 Å². The molecule has 4 atom stereocenters. The fourth-order valence-electron chi connectivity index (χ4n) is 3.24. The Morgan fingerprint density at radius 1 is 1.39 bits per heavy atom. The second kappa shape index (κ2) is 4.77. The van der Waals surface area contributed by atoms with E-state index < -0.39 is 0 Å². The van der Waals surface area contributed by atoms with Crippen molar-refractivity contribution < 1.29 is 4.74 Å². The Kier molecular flexibility index (Phi) is 3.13. The van der Waals surface area contributed by atoms with Crippen LogP contribution in [-0.4, -0.2) is 13.2 Å². The van der Waals surface area contributed by atoms with E-state index in [1.807, 2.05) is 6.07 Å². The highest BCUT2D eigenvalue weighted by Gasteiger charge is 2.41. The van der Waals surface area contributed by atoms with Crippen molar-refractivity contribution in [3.05, 3.63) is 42.0 Å². The van der Waals surface area contributed by atoms with Gasteiger partial charge in [-0.3, -0.25) is 0 Å². The zero-order valence-electron chi connectivity index (χ0n) is 11.1. The lowest BCUT2D eigenvalue weighted by Gasteiger charge is -2.42. The van der Waals surface area contributed by atoms with Crippen LogP contribution in [0.25, 0.3) is 0 Å². The summed E-state index contributed by atoms with van der Waals surface area (Å²) in [6.07, 6.45) is 7.35. The van der Waals surface area contributed by atoms with Crippen LogP contribution in [0.3, 0.4) is 0 Å². The minimum Gasteiger partial charge on any atom is -0.497 e. The van der Waals surface area contributed by atoms with Gasteiger partial charge in [0.15, 0.2) is 0 Å². The van der Waals surface area contributed by atoms with Gasteiger partial charge < -0.3 is 10.1 Å². The molecule has 0 heterocycles. The van der Waals surface area contributed by atoms with Gasteiger partial charge in [0, 0.05) is 12.1 Å². The Labute approximate surface area is 109 Å². The number of ether oxygens (including phenoxy) is 1. The SMILES string of the molecule is COc1cccc([C@H](C)NC2CC3CC=CC32)c1. The molecule has 0 aromatic heterocycles. The van der Waals surface area contributed by atoms with E-state index >= 15 is 0 Å². The van der Waals surface area contributed by atoms with Gasteiger partial charge >= 0.3 is 0 Å². The van der Waals surface area contributed by atoms with Gasteiger partial charge in [-0.25, -0.2) is 0 Å². The number of benzene rings is 1. The topological polar surface area (TPSA) is 21.3 Å². The monoisotopic (exact) mass is 243 g/mol. The molecule has 0 spiro atoms. The minimum absolute atomic E-state index is 0.389. The summed E-state index contributed by atoms with van der Waals surface area (Å²) in [7, 11) is 1.72. The average molecular weight is 243 g/mol. The summed E-state index contributed by atoms with van der Waals surface area (Å²) in [5.41, 5.74) is 1.31. The van der Waals surface area contributed by atoms with E-state index in [0.717, 1.165) is 17.6 Å². The van der Waals surface area contributed by atoms with Gasteiger partial charge in [-0.1, -0.05) is 24.3 Å². The molecule has 2 nitrogen and oxygen atoms in total. The number of rotatable bonds is 4. The van der Waals surface area contributed by atoms with Crippen LogP contribution < -0.4 is 10.1 Å². The molecule has 3 rings (SSSR count). The van der Waals surface area contributed by atoms with E-state index in [9.17, 15) is 0 Å². The molecule has 2 aliphatic carbocycles. The van der Waals surface area contributed by atoms with Crippen LogP contribution in [0.1, 0.15) is 31.4 Å². The van der Waals surface area contributed by atoms with Crippen molar-refractivity contribution in [2.45, 2.75) is 31.8 Å². The first-order valence-corrected chi connectivity index (χ1v) is 6.84. The predicted octanol–water partition coefficient (Wildman–Crippen LogP) is 3.31. The van der Waals surface area contributed by atoms with Crippen LogP contribution in [0.2, 0.25) is 0 Å². The molecule has 1 aromatic rings. The van der Waals surface area contributed by atoms with Crippen LogP contribution in [0.4, 0.5) is 0 Å². The highest BCUT2D eigenvalue weighted by Crippen LogP contribution is 2.43. The molecule has 0 amide bonds. The molecule has 0 aliphatic heterocycles. The first-order valence-electron chi connectivity index (χ1n) is 6.84. The molecule has 0 radical (unpaired) electrons. The zero-order chi connectivity index (χ0) is 12.5. The van der Waals surface area contributed by atoms with Crippen molar-refractivity contribution in [1.29, 1.82) is 0 Å². The maximum absolute atomic E-state index is 5.28. The summed E-state index contributed by atoms with van der Waals surface area (Å²) in [5, 5.41) is 3.75. The minimum atomic E-state index is 0.389. The van der Waals surface area contributed by atoms with Gasteiger partial charge in [-0.2, -0.15) is 0 Å². The van der Waals surface area contributed by atoms with Crippen molar-refractivity contribution in [2.24, 2.45) is 11.8 Å². The summed E-state index contributed by atoms with van der Waals surface area (Å²) in [6, 6.07) is 9.40. The fraction of sp³-hybridized carbons (Fsp3) is 0.500. The van der Waals surface area contributed by atoms with Crippen molar-refractivity contribution in [1.82, 2.24) is 5.32 Å². The molecule has 3 unspecified atom stereocenters. The van der Waals surface area contributed by atoms with E-state index in [1.165, 1.54) is 18.4 Å². The third kappa shape index (κ3) is 2.05. The summed E-state index contributed by atoms with van der Waals surface area (Å²) < 4.78 is 5.28. The molecular weight excluding hydrogens is 222 g/mol. The lowest BCUT2D eigenvalue weighted by Crippen LogP contribution is -2.48. The Morgan fingerprint density at radius 3 is 3.06 bits per heavy atom. The molecule has 1 saturated carbocycles. The normalized spacial score (nSPS) is 30.7. The van der Waals surface area contributed by atoms with Crippen LogP contribution in [-0.2, 0) is 0 Å². The summed E-state index contributed by atoms with van der Waals surface area (Å²) >= 11 is 0. The molecule has 2 aliphatic rings. The van der Waals surface area contributed by atoms with Crippen molar-refractivity contribution in [2.75, 3.05) is 7.11 Å². The second-order valence-corrected chi connectivity index (χ2v) is 5.51. The van der Waals surface area contributed by atoms with Gasteiger partial charge in [0.25, 0.3) is 0 Å². The standard InChI is InChI=1S/C16H21NO/c1-11(12-5-3-7-14(9-12)18-2)17-16-10-13-6-4-8-15(13)16/h3-5,7-9,11,13,15-17H,6,10H2,1-2H3/t11-,13?,15?,16?/m0/s1. The van der Waals surface area contributed by atoms with E-state index in [1.54, 1.807) is 7.11 Å². The van der Waals surface area contributed by atoms with Crippen LogP contribution in [0.15, 0.2) is 36.4 Å². The summed E-state index contributed by atoms with van der Waals surface area (Å²) in [6.45, 7) is 2.24. The van der Waals surface area contributed by atoms with Gasteiger partial charge in [-0.05, 0) is 49.3 Å². The number of nitrogens with one attached hydrogen (secondary N) is 1. The quantitative estimate of drug-likeness (QED) is 0.819. The highest BCUT2D eigenvalue weighted by atomic mass is 16.5. The number of methoxy groups -OCH3 is 1. The fourth-order valence-corrected chi connectivity index (χ4v) is 3.24. The van der Waals surface area contributed by atoms with Crippen molar-refractivity contribution in [3.63, 3.8) is 0 Å². The number of allylic oxidation sites excluding steroid dienone is 1. The lowest BCUT2D eigenvalue weighted by molar-refractivity contribution is 0.152. The maximum atomic E-state index is 5.28. The largest absolute Gasteiger partial charge is 0.497 e. The van der Waals surface area contributed by atoms with Crippen LogP contribution in [0.5, 0.6) is 5.75 Å². The van der Waals surface area contributed by atoms with Crippen molar-refractivity contribution >= 4 is 0 Å².